The Hall–Kier alpha value is -3.60. The molecule has 1 unspecified atom stereocenters. The SMILES string of the molecule is CC(NC(=O)c1cc(Oc2ccccc2)ccc1CCC(=O)O)c1ccccc1. The van der Waals surface area contributed by atoms with Crippen molar-refractivity contribution in [2.45, 2.75) is 25.8 Å². The number of hydrogen-bond donors (Lipinski definition) is 2. The van der Waals surface area contributed by atoms with Crippen LogP contribution >= 0.6 is 0 Å². The molecule has 3 aromatic rings. The lowest BCUT2D eigenvalue weighted by Gasteiger charge is -2.17. The molecule has 0 fully saturated rings. The highest BCUT2D eigenvalue weighted by atomic mass is 16.5. The van der Waals surface area contributed by atoms with Gasteiger partial charge in [-0.2, -0.15) is 0 Å². The third-order valence-electron chi connectivity index (χ3n) is 4.56. The molecule has 0 saturated heterocycles. The van der Waals surface area contributed by atoms with Crippen molar-refractivity contribution in [2.24, 2.45) is 0 Å². The van der Waals surface area contributed by atoms with Crippen molar-refractivity contribution in [3.63, 3.8) is 0 Å². The number of carbonyl (C=O) groups excluding carboxylic acids is 1. The minimum absolute atomic E-state index is 0.0482. The van der Waals surface area contributed by atoms with Crippen molar-refractivity contribution >= 4 is 11.9 Å². The zero-order chi connectivity index (χ0) is 20.6. The maximum atomic E-state index is 13.0. The molecule has 5 heteroatoms. The van der Waals surface area contributed by atoms with Crippen molar-refractivity contribution < 1.29 is 19.4 Å². The van der Waals surface area contributed by atoms with Gasteiger partial charge < -0.3 is 15.2 Å². The van der Waals surface area contributed by atoms with Gasteiger partial charge in [0, 0.05) is 12.0 Å². The maximum Gasteiger partial charge on any atom is 0.303 e. The minimum Gasteiger partial charge on any atom is -0.481 e. The normalized spacial score (nSPS) is 11.5. The Morgan fingerprint density at radius 1 is 0.931 bits per heavy atom. The zero-order valence-electron chi connectivity index (χ0n) is 16.2. The molecule has 0 aliphatic heterocycles. The van der Waals surface area contributed by atoms with E-state index in [0.717, 1.165) is 5.56 Å². The van der Waals surface area contributed by atoms with Gasteiger partial charge in [0.2, 0.25) is 0 Å². The van der Waals surface area contributed by atoms with Crippen molar-refractivity contribution in [1.82, 2.24) is 5.32 Å². The number of nitrogens with one attached hydrogen (secondary N) is 1. The molecule has 0 bridgehead atoms. The van der Waals surface area contributed by atoms with E-state index in [0.29, 0.717) is 22.6 Å². The van der Waals surface area contributed by atoms with Gasteiger partial charge in [0.15, 0.2) is 0 Å². The molecule has 0 aliphatic carbocycles. The smallest absolute Gasteiger partial charge is 0.303 e. The predicted molar refractivity (Wildman–Crippen MR) is 111 cm³/mol. The molecule has 1 amide bonds. The van der Waals surface area contributed by atoms with E-state index in [-0.39, 0.29) is 24.8 Å². The summed E-state index contributed by atoms with van der Waals surface area (Å²) in [4.78, 5) is 24.0. The van der Waals surface area contributed by atoms with Crippen LogP contribution in [0.15, 0.2) is 78.9 Å². The van der Waals surface area contributed by atoms with Crippen LogP contribution in [0.4, 0.5) is 0 Å². The van der Waals surface area contributed by atoms with Crippen LogP contribution in [0, 0.1) is 0 Å². The Morgan fingerprint density at radius 3 is 2.24 bits per heavy atom. The lowest BCUT2D eigenvalue weighted by Crippen LogP contribution is -2.27. The summed E-state index contributed by atoms with van der Waals surface area (Å²) in [6.07, 6.45) is 0.219. The molecule has 1 atom stereocenters. The summed E-state index contributed by atoms with van der Waals surface area (Å²) in [5.74, 6) is 0.0152. The standard InChI is InChI=1S/C24H23NO4/c1-17(18-8-4-2-5-9-18)25-24(28)22-16-21(29-20-10-6-3-7-11-20)14-12-19(22)13-15-23(26)27/h2-12,14,16-17H,13,15H2,1H3,(H,25,28)(H,26,27). The highest BCUT2D eigenvalue weighted by Gasteiger charge is 2.17. The van der Waals surface area contributed by atoms with Gasteiger partial charge in [-0.15, -0.1) is 0 Å². The molecule has 2 N–H and O–H groups in total. The number of hydrogen-bond acceptors (Lipinski definition) is 3. The molecule has 3 aromatic carbocycles. The van der Waals surface area contributed by atoms with Crippen LogP contribution in [0.1, 0.15) is 40.9 Å². The van der Waals surface area contributed by atoms with Gasteiger partial charge in [0.1, 0.15) is 11.5 Å². The number of para-hydroxylation sites is 1. The molecule has 29 heavy (non-hydrogen) atoms. The van der Waals surface area contributed by atoms with Crippen LogP contribution < -0.4 is 10.1 Å². The van der Waals surface area contributed by atoms with Crippen molar-refractivity contribution in [3.8, 4) is 11.5 Å². The molecule has 0 spiro atoms. The molecule has 5 nitrogen and oxygen atoms in total. The fourth-order valence-corrected chi connectivity index (χ4v) is 3.01. The van der Waals surface area contributed by atoms with Crippen LogP contribution in [0.25, 0.3) is 0 Å². The summed E-state index contributed by atoms with van der Waals surface area (Å²) in [5, 5.41) is 12.0. The number of carbonyl (C=O) groups is 2. The van der Waals surface area contributed by atoms with Crippen LogP contribution in [0.2, 0.25) is 0 Å². The van der Waals surface area contributed by atoms with E-state index in [4.69, 9.17) is 9.84 Å². The molecule has 0 saturated carbocycles. The number of amides is 1. The summed E-state index contributed by atoms with van der Waals surface area (Å²) >= 11 is 0. The number of carboxylic acid groups (broad SMARTS) is 1. The number of carboxylic acids is 1. The molecule has 0 heterocycles. The zero-order valence-corrected chi connectivity index (χ0v) is 16.2. The summed E-state index contributed by atoms with van der Waals surface area (Å²) in [7, 11) is 0. The minimum atomic E-state index is -0.904. The van der Waals surface area contributed by atoms with Gasteiger partial charge in [-0.1, -0.05) is 54.6 Å². The van der Waals surface area contributed by atoms with Gasteiger partial charge in [-0.05, 0) is 48.7 Å². The Morgan fingerprint density at radius 2 is 1.59 bits per heavy atom. The number of rotatable bonds is 8. The van der Waals surface area contributed by atoms with Crippen LogP contribution in [0.5, 0.6) is 11.5 Å². The lowest BCUT2D eigenvalue weighted by molar-refractivity contribution is -0.136. The molecule has 3 rings (SSSR count). The number of ether oxygens (including phenoxy) is 1. The van der Waals surface area contributed by atoms with Crippen molar-refractivity contribution in [1.29, 1.82) is 0 Å². The van der Waals surface area contributed by atoms with Crippen molar-refractivity contribution in [2.75, 3.05) is 0 Å². The second-order valence-corrected chi connectivity index (χ2v) is 6.73. The second-order valence-electron chi connectivity index (χ2n) is 6.73. The topological polar surface area (TPSA) is 75.6 Å². The van der Waals surface area contributed by atoms with Gasteiger partial charge in [0.05, 0.1) is 6.04 Å². The molecule has 0 aliphatic rings. The van der Waals surface area contributed by atoms with Gasteiger partial charge >= 0.3 is 5.97 Å². The quantitative estimate of drug-likeness (QED) is 0.569. The summed E-state index contributed by atoms with van der Waals surface area (Å²) in [6.45, 7) is 1.91. The fraction of sp³-hybridized carbons (Fsp3) is 0.167. The Labute approximate surface area is 170 Å². The molecule has 148 valence electrons. The second kappa shape index (κ2) is 9.55. The van der Waals surface area contributed by atoms with E-state index >= 15 is 0 Å². The Kier molecular flexibility index (Phi) is 6.63. The largest absolute Gasteiger partial charge is 0.481 e. The van der Waals surface area contributed by atoms with E-state index in [9.17, 15) is 9.59 Å². The Balaban J connectivity index is 1.84. The Bertz CT molecular complexity index is 971. The predicted octanol–water partition coefficient (Wildman–Crippen LogP) is 4.99. The average Bonchev–Trinajstić information content (AvgIpc) is 2.74. The van der Waals surface area contributed by atoms with E-state index in [1.165, 1.54) is 0 Å². The first-order valence-corrected chi connectivity index (χ1v) is 9.46. The van der Waals surface area contributed by atoms with Gasteiger partial charge in [-0.3, -0.25) is 9.59 Å². The van der Waals surface area contributed by atoms with Crippen LogP contribution in [-0.2, 0) is 11.2 Å². The van der Waals surface area contributed by atoms with E-state index in [1.807, 2.05) is 67.6 Å². The first-order valence-electron chi connectivity index (χ1n) is 9.46. The van der Waals surface area contributed by atoms with Crippen LogP contribution in [0.3, 0.4) is 0 Å². The lowest BCUT2D eigenvalue weighted by atomic mass is 10.0. The number of aryl methyl sites for hydroxylation is 1. The molecule has 0 aromatic heterocycles. The summed E-state index contributed by atoms with van der Waals surface area (Å²) < 4.78 is 5.84. The maximum absolute atomic E-state index is 13.0. The monoisotopic (exact) mass is 389 g/mol. The molecular formula is C24H23NO4. The number of aliphatic carboxylic acids is 1. The number of benzene rings is 3. The van der Waals surface area contributed by atoms with Gasteiger partial charge in [0.25, 0.3) is 5.91 Å². The van der Waals surface area contributed by atoms with E-state index in [2.05, 4.69) is 5.32 Å². The molecule has 0 radical (unpaired) electrons. The van der Waals surface area contributed by atoms with Gasteiger partial charge in [-0.25, -0.2) is 0 Å². The summed E-state index contributed by atoms with van der Waals surface area (Å²) in [6, 6.07) is 23.9. The highest BCUT2D eigenvalue weighted by molar-refractivity contribution is 5.96. The molecular weight excluding hydrogens is 366 g/mol. The third kappa shape index (κ3) is 5.69. The first-order chi connectivity index (χ1) is 14.0. The fourth-order valence-electron chi connectivity index (χ4n) is 3.01. The van der Waals surface area contributed by atoms with Crippen LogP contribution in [-0.4, -0.2) is 17.0 Å². The van der Waals surface area contributed by atoms with E-state index in [1.54, 1.807) is 18.2 Å². The van der Waals surface area contributed by atoms with Crippen molar-refractivity contribution in [3.05, 3.63) is 95.6 Å². The third-order valence-corrected chi connectivity index (χ3v) is 4.56. The summed E-state index contributed by atoms with van der Waals surface area (Å²) in [5.41, 5.74) is 2.08. The highest BCUT2D eigenvalue weighted by Crippen LogP contribution is 2.25. The average molecular weight is 389 g/mol. The first kappa shape index (κ1) is 20.1. The van der Waals surface area contributed by atoms with E-state index < -0.39 is 5.97 Å².